The molecule has 0 aromatic heterocycles. The maximum atomic E-state index is 12.3. The van der Waals surface area contributed by atoms with Gasteiger partial charge in [0.1, 0.15) is 5.78 Å². The second-order valence-corrected chi connectivity index (χ2v) is 5.11. The standard InChI is InChI=1S/C18H20O/c1-14(16-9-5-3-6-10-16)13-18(19)15(2)17-11-7-4-8-12-17/h3-12,14-15H,13H2,1-2H3. The molecule has 19 heavy (non-hydrogen) atoms. The van der Waals surface area contributed by atoms with Crippen LogP contribution in [0.5, 0.6) is 0 Å². The molecule has 0 fully saturated rings. The number of carbonyl (C=O) groups is 1. The topological polar surface area (TPSA) is 17.1 Å². The van der Waals surface area contributed by atoms with Crippen molar-refractivity contribution in [2.75, 3.05) is 0 Å². The molecule has 0 N–H and O–H groups in total. The van der Waals surface area contributed by atoms with E-state index in [4.69, 9.17) is 0 Å². The summed E-state index contributed by atoms with van der Waals surface area (Å²) in [6, 6.07) is 20.2. The number of carbonyl (C=O) groups excluding carboxylic acids is 1. The zero-order valence-electron chi connectivity index (χ0n) is 11.5. The van der Waals surface area contributed by atoms with Gasteiger partial charge in [-0.25, -0.2) is 0 Å². The first-order chi connectivity index (χ1) is 9.18. The van der Waals surface area contributed by atoms with Crippen LogP contribution in [0.3, 0.4) is 0 Å². The van der Waals surface area contributed by atoms with E-state index in [0.717, 1.165) is 5.56 Å². The zero-order valence-corrected chi connectivity index (χ0v) is 11.5. The largest absolute Gasteiger partial charge is 0.299 e. The molecule has 0 heterocycles. The number of hydrogen-bond donors (Lipinski definition) is 0. The summed E-state index contributed by atoms with van der Waals surface area (Å²) in [6.45, 7) is 4.11. The van der Waals surface area contributed by atoms with Crippen LogP contribution in [0.15, 0.2) is 60.7 Å². The van der Waals surface area contributed by atoms with Gasteiger partial charge >= 0.3 is 0 Å². The molecule has 2 atom stereocenters. The maximum absolute atomic E-state index is 12.3. The Morgan fingerprint density at radius 2 is 1.32 bits per heavy atom. The lowest BCUT2D eigenvalue weighted by molar-refractivity contribution is -0.120. The van der Waals surface area contributed by atoms with E-state index in [1.807, 2.05) is 55.5 Å². The molecule has 1 heteroatoms. The van der Waals surface area contributed by atoms with Gasteiger partial charge in [-0.2, -0.15) is 0 Å². The van der Waals surface area contributed by atoms with Gasteiger partial charge < -0.3 is 0 Å². The van der Waals surface area contributed by atoms with Crippen LogP contribution in [0.25, 0.3) is 0 Å². The van der Waals surface area contributed by atoms with E-state index in [0.29, 0.717) is 12.2 Å². The lowest BCUT2D eigenvalue weighted by Crippen LogP contribution is -2.12. The van der Waals surface area contributed by atoms with Crippen LogP contribution in [0.1, 0.15) is 43.2 Å². The lowest BCUT2D eigenvalue weighted by atomic mass is 9.88. The average Bonchev–Trinajstić information content (AvgIpc) is 2.48. The van der Waals surface area contributed by atoms with Gasteiger partial charge in [0.25, 0.3) is 0 Å². The molecule has 0 saturated carbocycles. The second kappa shape index (κ2) is 6.33. The van der Waals surface area contributed by atoms with E-state index >= 15 is 0 Å². The Morgan fingerprint density at radius 1 is 0.842 bits per heavy atom. The van der Waals surface area contributed by atoms with Crippen molar-refractivity contribution in [3.63, 3.8) is 0 Å². The van der Waals surface area contributed by atoms with Crippen LogP contribution in [0, 0.1) is 0 Å². The summed E-state index contributed by atoms with van der Waals surface area (Å²) in [6.07, 6.45) is 0.597. The predicted octanol–water partition coefficient (Wildman–Crippen LogP) is 4.55. The highest BCUT2D eigenvalue weighted by molar-refractivity contribution is 5.86. The maximum Gasteiger partial charge on any atom is 0.140 e. The van der Waals surface area contributed by atoms with Crippen LogP contribution in [-0.2, 0) is 4.79 Å². The fraction of sp³-hybridized carbons (Fsp3) is 0.278. The Balaban J connectivity index is 2.02. The second-order valence-electron chi connectivity index (χ2n) is 5.11. The van der Waals surface area contributed by atoms with Crippen molar-refractivity contribution in [2.24, 2.45) is 0 Å². The predicted molar refractivity (Wildman–Crippen MR) is 79.3 cm³/mol. The lowest BCUT2D eigenvalue weighted by Gasteiger charge is -2.15. The molecule has 0 saturated heterocycles. The van der Waals surface area contributed by atoms with E-state index in [1.54, 1.807) is 0 Å². The van der Waals surface area contributed by atoms with Crippen molar-refractivity contribution >= 4 is 5.78 Å². The first-order valence-electron chi connectivity index (χ1n) is 6.81. The van der Waals surface area contributed by atoms with Crippen molar-refractivity contribution < 1.29 is 4.79 Å². The van der Waals surface area contributed by atoms with Crippen molar-refractivity contribution in [2.45, 2.75) is 32.1 Å². The van der Waals surface area contributed by atoms with Crippen LogP contribution in [0.2, 0.25) is 0 Å². The van der Waals surface area contributed by atoms with E-state index in [1.165, 1.54) is 5.56 Å². The third kappa shape index (κ3) is 3.54. The number of hydrogen-bond acceptors (Lipinski definition) is 1. The van der Waals surface area contributed by atoms with E-state index in [9.17, 15) is 4.79 Å². The molecule has 0 aliphatic heterocycles. The Kier molecular flexibility index (Phi) is 4.51. The summed E-state index contributed by atoms with van der Waals surface area (Å²) in [5.74, 6) is 0.565. The number of rotatable bonds is 5. The number of ketones is 1. The summed E-state index contributed by atoms with van der Waals surface area (Å²) in [5.41, 5.74) is 2.34. The van der Waals surface area contributed by atoms with Gasteiger partial charge in [0, 0.05) is 12.3 Å². The SMILES string of the molecule is CC(CC(=O)C(C)c1ccccc1)c1ccccc1. The van der Waals surface area contributed by atoms with Gasteiger partial charge in [0.15, 0.2) is 0 Å². The minimum absolute atomic E-state index is 0.0210. The third-order valence-corrected chi connectivity index (χ3v) is 3.66. The molecule has 0 amide bonds. The smallest absolute Gasteiger partial charge is 0.140 e. The zero-order chi connectivity index (χ0) is 13.7. The number of Topliss-reactive ketones (excluding diaryl/α,β-unsaturated/α-hetero) is 1. The van der Waals surface area contributed by atoms with Crippen molar-refractivity contribution in [1.82, 2.24) is 0 Å². The minimum Gasteiger partial charge on any atom is -0.299 e. The molecule has 0 bridgehead atoms. The van der Waals surface area contributed by atoms with Crippen molar-refractivity contribution in [3.8, 4) is 0 Å². The molecule has 0 radical (unpaired) electrons. The molecule has 2 aromatic carbocycles. The highest BCUT2D eigenvalue weighted by Gasteiger charge is 2.18. The molecule has 2 aromatic rings. The van der Waals surface area contributed by atoms with Crippen molar-refractivity contribution in [3.05, 3.63) is 71.8 Å². The summed E-state index contributed by atoms with van der Waals surface area (Å²) in [5, 5.41) is 0. The van der Waals surface area contributed by atoms with E-state index < -0.39 is 0 Å². The molecule has 0 spiro atoms. The van der Waals surface area contributed by atoms with Gasteiger partial charge in [-0.15, -0.1) is 0 Å². The van der Waals surface area contributed by atoms with E-state index in [2.05, 4.69) is 19.1 Å². The average molecular weight is 252 g/mol. The van der Waals surface area contributed by atoms with Gasteiger partial charge in [-0.3, -0.25) is 4.79 Å². The molecule has 1 nitrogen and oxygen atoms in total. The minimum atomic E-state index is -0.0210. The fourth-order valence-electron chi connectivity index (χ4n) is 2.31. The van der Waals surface area contributed by atoms with Gasteiger partial charge in [0.2, 0.25) is 0 Å². The summed E-state index contributed by atoms with van der Waals surface area (Å²) < 4.78 is 0. The Bertz CT molecular complexity index is 516. The summed E-state index contributed by atoms with van der Waals surface area (Å²) >= 11 is 0. The molecular formula is C18H20O. The Labute approximate surface area is 115 Å². The highest BCUT2D eigenvalue weighted by Crippen LogP contribution is 2.24. The monoisotopic (exact) mass is 252 g/mol. The van der Waals surface area contributed by atoms with Crippen LogP contribution in [0.4, 0.5) is 0 Å². The highest BCUT2D eigenvalue weighted by atomic mass is 16.1. The fourth-order valence-corrected chi connectivity index (χ4v) is 2.31. The Hall–Kier alpha value is -1.89. The quantitative estimate of drug-likeness (QED) is 0.762. The summed E-state index contributed by atoms with van der Waals surface area (Å²) in [7, 11) is 0. The third-order valence-electron chi connectivity index (χ3n) is 3.66. The normalized spacial score (nSPS) is 13.8. The van der Waals surface area contributed by atoms with Gasteiger partial charge in [-0.05, 0) is 17.0 Å². The molecule has 98 valence electrons. The molecular weight excluding hydrogens is 232 g/mol. The van der Waals surface area contributed by atoms with Crippen molar-refractivity contribution in [1.29, 1.82) is 0 Å². The first-order valence-corrected chi connectivity index (χ1v) is 6.81. The number of benzene rings is 2. The molecule has 2 unspecified atom stereocenters. The van der Waals surface area contributed by atoms with Crippen LogP contribution in [-0.4, -0.2) is 5.78 Å². The molecule has 0 aliphatic rings. The first kappa shape index (κ1) is 13.5. The van der Waals surface area contributed by atoms with Crippen LogP contribution < -0.4 is 0 Å². The van der Waals surface area contributed by atoms with Gasteiger partial charge in [-0.1, -0.05) is 74.5 Å². The van der Waals surface area contributed by atoms with E-state index in [-0.39, 0.29) is 11.8 Å². The Morgan fingerprint density at radius 3 is 1.84 bits per heavy atom. The summed E-state index contributed by atoms with van der Waals surface area (Å²) in [4.78, 5) is 12.3. The van der Waals surface area contributed by atoms with Gasteiger partial charge in [0.05, 0.1) is 0 Å². The molecule has 0 aliphatic carbocycles. The van der Waals surface area contributed by atoms with Crippen LogP contribution >= 0.6 is 0 Å². The molecule has 2 rings (SSSR count).